The Morgan fingerprint density at radius 1 is 1.02 bits per heavy atom. The third-order valence-electron chi connectivity index (χ3n) is 11.5. The number of para-hydroxylation sites is 1. The van der Waals surface area contributed by atoms with Gasteiger partial charge < -0.3 is 35.1 Å². The first-order valence-electron chi connectivity index (χ1n) is 21.5. The Morgan fingerprint density at radius 3 is 2.46 bits per heavy atom. The molecule has 1 saturated heterocycles. The number of rotatable bonds is 19. The third kappa shape index (κ3) is 12.7. The quantitative estimate of drug-likeness (QED) is 0.0406. The maximum Gasteiger partial charge on any atom is 0.330 e. The standard InChI is InChI=1S/C49H60N6O7S/c1-32(36-16-18-37(19-17-36)45-33(2)51-31-63-45)52-47(59)42-27-39(56)30-55(42)48(60)46(49(3,4)5)53-43(57)22-25-62-26-24-54(23-21-38-28-50-41-10-8-7-9-40(38)41)29-35-13-11-34(12-14-35)15-20-44(58)61-6/h7-20,28,31-32,39,42,46,50,56H,21-27,29-30H2,1-6H3,(H,52,59)(H,53,57)/b20-15+/t32-,39+,42-,46?/m0/s1. The number of methoxy groups -OCH3 is 1. The molecule has 334 valence electrons. The van der Waals surface area contributed by atoms with Gasteiger partial charge in [-0.25, -0.2) is 9.78 Å². The summed E-state index contributed by atoms with van der Waals surface area (Å²) in [7, 11) is 1.35. The number of carbonyl (C=O) groups excluding carboxylic acids is 4. The molecule has 4 atom stereocenters. The lowest BCUT2D eigenvalue weighted by Gasteiger charge is -2.35. The van der Waals surface area contributed by atoms with Crippen LogP contribution in [0.5, 0.6) is 0 Å². The summed E-state index contributed by atoms with van der Waals surface area (Å²) in [6.45, 7) is 12.1. The maximum atomic E-state index is 14.2. The number of aryl methyl sites for hydroxylation is 1. The minimum Gasteiger partial charge on any atom is -0.466 e. The smallest absolute Gasteiger partial charge is 0.330 e. The Kier molecular flexibility index (Phi) is 16.1. The largest absolute Gasteiger partial charge is 0.466 e. The molecule has 3 aromatic carbocycles. The zero-order valence-electron chi connectivity index (χ0n) is 37.1. The first-order valence-corrected chi connectivity index (χ1v) is 22.4. The highest BCUT2D eigenvalue weighted by Gasteiger charge is 2.44. The minimum absolute atomic E-state index is 0.00679. The van der Waals surface area contributed by atoms with Gasteiger partial charge in [0, 0.05) is 62.2 Å². The van der Waals surface area contributed by atoms with Gasteiger partial charge in [-0.1, -0.05) is 87.5 Å². The highest BCUT2D eigenvalue weighted by Crippen LogP contribution is 2.30. The van der Waals surface area contributed by atoms with Crippen LogP contribution in [0.2, 0.25) is 0 Å². The number of aliphatic hydroxyl groups excluding tert-OH is 1. The number of hydrogen-bond donors (Lipinski definition) is 4. The molecular formula is C49H60N6O7S. The van der Waals surface area contributed by atoms with E-state index in [-0.39, 0.29) is 43.8 Å². The second-order valence-electron chi connectivity index (χ2n) is 17.2. The molecule has 2 aromatic heterocycles. The highest BCUT2D eigenvalue weighted by atomic mass is 32.1. The number of benzene rings is 3. The van der Waals surface area contributed by atoms with Crippen LogP contribution in [0, 0.1) is 12.3 Å². The van der Waals surface area contributed by atoms with E-state index in [2.05, 4.69) is 43.8 Å². The van der Waals surface area contributed by atoms with Gasteiger partial charge in [0.2, 0.25) is 17.7 Å². The van der Waals surface area contributed by atoms with E-state index in [4.69, 9.17) is 9.47 Å². The van der Waals surface area contributed by atoms with Crippen molar-refractivity contribution in [1.82, 2.24) is 30.4 Å². The summed E-state index contributed by atoms with van der Waals surface area (Å²) in [6.07, 6.45) is 5.27. The van der Waals surface area contributed by atoms with Gasteiger partial charge in [0.1, 0.15) is 12.1 Å². The number of ether oxygens (including phenoxy) is 2. The lowest BCUT2D eigenvalue weighted by molar-refractivity contribution is -0.144. The van der Waals surface area contributed by atoms with E-state index >= 15 is 0 Å². The van der Waals surface area contributed by atoms with E-state index in [0.29, 0.717) is 19.7 Å². The molecule has 0 saturated carbocycles. The second kappa shape index (κ2) is 21.6. The summed E-state index contributed by atoms with van der Waals surface area (Å²) in [4.78, 5) is 65.3. The number of β-amino-alcohol motifs (C(OH)–C–C–N with tert-alkyl or cyclic N) is 1. The molecule has 1 aliphatic rings. The van der Waals surface area contributed by atoms with E-state index in [0.717, 1.165) is 51.3 Å². The van der Waals surface area contributed by atoms with Crippen molar-refractivity contribution in [2.24, 2.45) is 5.41 Å². The Labute approximate surface area is 373 Å². The molecule has 13 nitrogen and oxygen atoms in total. The molecule has 3 amide bonds. The number of likely N-dealkylation sites (tertiary alicyclic amines) is 1. The number of hydrogen-bond acceptors (Lipinski definition) is 10. The number of fused-ring (bicyclic) bond motifs is 1. The fourth-order valence-electron chi connectivity index (χ4n) is 7.82. The second-order valence-corrected chi connectivity index (χ2v) is 18.1. The SMILES string of the molecule is COC(=O)/C=C/c1ccc(CN(CCOCCC(=O)NC(C(=O)N2C[C@H](O)C[C@H]2C(=O)N[C@@H](C)c2ccc(-c3scnc3C)cc2)C(C)(C)C)CCc2c[nH]c3ccccc23)cc1. The number of H-pyrrole nitrogens is 1. The van der Waals surface area contributed by atoms with Gasteiger partial charge in [0.25, 0.3) is 0 Å². The van der Waals surface area contributed by atoms with Crippen LogP contribution >= 0.6 is 11.3 Å². The maximum absolute atomic E-state index is 14.2. The molecule has 1 unspecified atom stereocenters. The molecule has 3 heterocycles. The number of aliphatic hydroxyl groups is 1. The number of nitrogens with zero attached hydrogens (tertiary/aromatic N) is 3. The van der Waals surface area contributed by atoms with Gasteiger partial charge in [0.05, 0.1) is 48.6 Å². The van der Waals surface area contributed by atoms with E-state index in [1.165, 1.54) is 29.0 Å². The van der Waals surface area contributed by atoms with Crippen molar-refractivity contribution in [3.63, 3.8) is 0 Å². The molecular weight excluding hydrogens is 817 g/mol. The van der Waals surface area contributed by atoms with E-state index in [1.54, 1.807) is 17.4 Å². The van der Waals surface area contributed by atoms with E-state index in [1.807, 2.05) is 101 Å². The molecule has 0 bridgehead atoms. The van der Waals surface area contributed by atoms with Crippen molar-refractivity contribution in [2.75, 3.05) is 40.0 Å². The van der Waals surface area contributed by atoms with Gasteiger partial charge in [-0.05, 0) is 65.6 Å². The van der Waals surface area contributed by atoms with Crippen LogP contribution in [-0.4, -0.2) is 107 Å². The van der Waals surface area contributed by atoms with E-state index < -0.39 is 35.5 Å². The number of aromatic amines is 1. The van der Waals surface area contributed by atoms with Crippen molar-refractivity contribution >= 4 is 52.0 Å². The van der Waals surface area contributed by atoms with Crippen LogP contribution in [0.15, 0.2) is 90.6 Å². The van der Waals surface area contributed by atoms with Crippen molar-refractivity contribution in [3.05, 3.63) is 119 Å². The molecule has 0 aliphatic carbocycles. The summed E-state index contributed by atoms with van der Waals surface area (Å²) >= 11 is 1.58. The Balaban J connectivity index is 1.01. The summed E-state index contributed by atoms with van der Waals surface area (Å²) in [6, 6.07) is 22.0. The Bertz CT molecular complexity index is 2350. The molecule has 14 heteroatoms. The number of amides is 3. The lowest BCUT2D eigenvalue weighted by atomic mass is 9.85. The van der Waals surface area contributed by atoms with Crippen LogP contribution in [0.25, 0.3) is 27.4 Å². The van der Waals surface area contributed by atoms with Crippen molar-refractivity contribution < 1.29 is 33.8 Å². The molecule has 5 aromatic rings. The van der Waals surface area contributed by atoms with Gasteiger partial charge >= 0.3 is 5.97 Å². The molecule has 1 aliphatic heterocycles. The zero-order chi connectivity index (χ0) is 45.1. The van der Waals surface area contributed by atoms with Crippen molar-refractivity contribution in [1.29, 1.82) is 0 Å². The van der Waals surface area contributed by atoms with E-state index in [9.17, 15) is 24.3 Å². The minimum atomic E-state index is -0.937. The molecule has 63 heavy (non-hydrogen) atoms. The zero-order valence-corrected chi connectivity index (χ0v) is 37.9. The molecule has 0 radical (unpaired) electrons. The highest BCUT2D eigenvalue weighted by molar-refractivity contribution is 7.13. The number of esters is 1. The summed E-state index contributed by atoms with van der Waals surface area (Å²) in [5.41, 5.74) is 8.38. The molecule has 1 fully saturated rings. The monoisotopic (exact) mass is 876 g/mol. The first-order chi connectivity index (χ1) is 30.2. The van der Waals surface area contributed by atoms with Crippen LogP contribution in [0.4, 0.5) is 0 Å². The predicted octanol–water partition coefficient (Wildman–Crippen LogP) is 6.61. The summed E-state index contributed by atoms with van der Waals surface area (Å²) < 4.78 is 10.7. The average Bonchev–Trinajstić information content (AvgIpc) is 4.01. The molecule has 0 spiro atoms. The predicted molar refractivity (Wildman–Crippen MR) is 247 cm³/mol. The van der Waals surface area contributed by atoms with Gasteiger partial charge in [-0.2, -0.15) is 0 Å². The third-order valence-corrected chi connectivity index (χ3v) is 12.4. The van der Waals surface area contributed by atoms with Gasteiger partial charge in [-0.15, -0.1) is 11.3 Å². The normalized spacial score (nSPS) is 16.4. The fraction of sp³-hybridized carbons (Fsp3) is 0.408. The number of aromatic nitrogens is 2. The molecule has 6 rings (SSSR count). The Hall–Kier alpha value is -5.67. The summed E-state index contributed by atoms with van der Waals surface area (Å²) in [5.74, 6) is -1.52. The number of thiazole rings is 1. The van der Waals surface area contributed by atoms with Gasteiger partial charge in [-0.3, -0.25) is 19.3 Å². The van der Waals surface area contributed by atoms with Crippen molar-refractivity contribution in [2.45, 2.75) is 84.7 Å². The Morgan fingerprint density at radius 2 is 1.76 bits per heavy atom. The van der Waals surface area contributed by atoms with Gasteiger partial charge in [0.15, 0.2) is 0 Å². The lowest BCUT2D eigenvalue weighted by Crippen LogP contribution is -2.58. The number of carbonyl (C=O) groups is 4. The number of nitrogens with one attached hydrogen (secondary N) is 3. The summed E-state index contributed by atoms with van der Waals surface area (Å²) in [5, 5.41) is 17.9. The topological polar surface area (TPSA) is 166 Å². The van der Waals surface area contributed by atoms with Crippen LogP contribution < -0.4 is 10.6 Å². The first kappa shape index (κ1) is 46.8. The van der Waals surface area contributed by atoms with Crippen LogP contribution in [0.3, 0.4) is 0 Å². The molecule has 4 N–H and O–H groups in total. The average molecular weight is 877 g/mol. The van der Waals surface area contributed by atoms with Crippen molar-refractivity contribution in [3.8, 4) is 10.4 Å². The fourth-order valence-corrected chi connectivity index (χ4v) is 8.63. The van der Waals surface area contributed by atoms with Crippen LogP contribution in [-0.2, 0) is 41.6 Å². The van der Waals surface area contributed by atoms with Crippen LogP contribution in [0.1, 0.15) is 74.5 Å².